The summed E-state index contributed by atoms with van der Waals surface area (Å²) < 4.78 is 0. The zero-order valence-corrected chi connectivity index (χ0v) is 15.2. The maximum atomic E-state index is 12.4. The van der Waals surface area contributed by atoms with Crippen LogP contribution in [0, 0.1) is 5.92 Å². The molecule has 0 aliphatic carbocycles. The summed E-state index contributed by atoms with van der Waals surface area (Å²) in [7, 11) is 0. The Bertz CT molecular complexity index is 546. The summed E-state index contributed by atoms with van der Waals surface area (Å²) >= 11 is 0. The number of urea groups is 1. The highest BCUT2D eigenvalue weighted by molar-refractivity contribution is 5.75. The lowest BCUT2D eigenvalue weighted by molar-refractivity contribution is 0.0756. The molecule has 2 fully saturated rings. The Kier molecular flexibility index (Phi) is 5.09. The van der Waals surface area contributed by atoms with Gasteiger partial charge in [-0.3, -0.25) is 9.88 Å². The molecule has 132 valence electrons. The Hall–Kier alpha value is -1.62. The van der Waals surface area contributed by atoms with Gasteiger partial charge in [0.05, 0.1) is 0 Å². The summed E-state index contributed by atoms with van der Waals surface area (Å²) in [5.41, 5.74) is 1.10. The van der Waals surface area contributed by atoms with Crippen LogP contribution in [0.2, 0.25) is 0 Å². The van der Waals surface area contributed by atoms with Crippen LogP contribution in [-0.2, 0) is 0 Å². The van der Waals surface area contributed by atoms with Gasteiger partial charge in [-0.15, -0.1) is 0 Å². The largest absolute Gasteiger partial charge is 0.336 e. The van der Waals surface area contributed by atoms with Crippen molar-refractivity contribution in [2.24, 2.45) is 5.92 Å². The minimum absolute atomic E-state index is 0.0149. The molecule has 3 rings (SSSR count). The summed E-state index contributed by atoms with van der Waals surface area (Å²) in [5, 5.41) is 3.13. The lowest BCUT2D eigenvalue weighted by Crippen LogP contribution is -2.58. The van der Waals surface area contributed by atoms with E-state index in [9.17, 15) is 4.79 Å². The van der Waals surface area contributed by atoms with Crippen LogP contribution in [0.1, 0.15) is 45.2 Å². The molecule has 2 aliphatic heterocycles. The van der Waals surface area contributed by atoms with Crippen LogP contribution in [-0.4, -0.2) is 59.1 Å². The molecule has 2 saturated heterocycles. The molecule has 5 heteroatoms. The van der Waals surface area contributed by atoms with Crippen molar-refractivity contribution in [3.63, 3.8) is 0 Å². The van der Waals surface area contributed by atoms with Crippen molar-refractivity contribution >= 4 is 6.03 Å². The predicted octanol–water partition coefficient (Wildman–Crippen LogP) is 2.70. The highest BCUT2D eigenvalue weighted by Gasteiger charge is 2.34. The Labute approximate surface area is 145 Å². The normalized spacial score (nSPS) is 20.7. The fourth-order valence-electron chi connectivity index (χ4n) is 3.58. The van der Waals surface area contributed by atoms with Crippen LogP contribution in [0.25, 0.3) is 0 Å². The molecular weight excluding hydrogens is 300 g/mol. The third-order valence-electron chi connectivity index (χ3n) is 5.59. The van der Waals surface area contributed by atoms with Crippen molar-refractivity contribution in [3.8, 4) is 0 Å². The first-order valence-corrected chi connectivity index (χ1v) is 9.14. The number of nitrogens with zero attached hydrogens (tertiary/aromatic N) is 3. The number of rotatable bonds is 4. The number of carbonyl (C=O) groups is 1. The molecule has 3 heterocycles. The van der Waals surface area contributed by atoms with Gasteiger partial charge >= 0.3 is 6.03 Å². The summed E-state index contributed by atoms with van der Waals surface area (Å²) in [4.78, 5) is 21.1. The summed E-state index contributed by atoms with van der Waals surface area (Å²) in [5.74, 6) is 1.21. The molecule has 1 N–H and O–H groups in total. The van der Waals surface area contributed by atoms with Gasteiger partial charge in [0.2, 0.25) is 0 Å². The SMILES string of the molecule is CC1CCN(C(C)(C)CNC(=O)N2CC(c3ccccn3)C2)CC1. The maximum absolute atomic E-state index is 12.4. The van der Waals surface area contributed by atoms with Gasteiger partial charge in [-0.05, 0) is 57.8 Å². The van der Waals surface area contributed by atoms with Gasteiger partial charge in [-0.2, -0.15) is 0 Å². The van der Waals surface area contributed by atoms with Crippen molar-refractivity contribution in [3.05, 3.63) is 30.1 Å². The third-order valence-corrected chi connectivity index (χ3v) is 5.59. The third kappa shape index (κ3) is 3.89. The summed E-state index contributed by atoms with van der Waals surface area (Å²) in [6, 6.07) is 6.03. The summed E-state index contributed by atoms with van der Waals surface area (Å²) in [6.07, 6.45) is 4.34. The topological polar surface area (TPSA) is 48.5 Å². The van der Waals surface area contributed by atoms with Gasteiger partial charge in [0.25, 0.3) is 0 Å². The van der Waals surface area contributed by atoms with Crippen LogP contribution in [0.15, 0.2) is 24.4 Å². The molecule has 5 nitrogen and oxygen atoms in total. The smallest absolute Gasteiger partial charge is 0.317 e. The highest BCUT2D eigenvalue weighted by Crippen LogP contribution is 2.26. The molecule has 1 aromatic rings. The Morgan fingerprint density at radius 1 is 1.29 bits per heavy atom. The van der Waals surface area contributed by atoms with Crippen molar-refractivity contribution in [1.82, 2.24) is 20.1 Å². The first-order valence-electron chi connectivity index (χ1n) is 9.14. The zero-order valence-electron chi connectivity index (χ0n) is 15.2. The second kappa shape index (κ2) is 7.09. The van der Waals surface area contributed by atoms with E-state index in [4.69, 9.17) is 0 Å². The van der Waals surface area contributed by atoms with Crippen LogP contribution in [0.3, 0.4) is 0 Å². The number of piperidine rings is 1. The van der Waals surface area contributed by atoms with E-state index in [1.807, 2.05) is 29.3 Å². The van der Waals surface area contributed by atoms with Gasteiger partial charge in [0.1, 0.15) is 0 Å². The fraction of sp³-hybridized carbons (Fsp3) is 0.684. The monoisotopic (exact) mass is 330 g/mol. The zero-order chi connectivity index (χ0) is 17.2. The lowest BCUT2D eigenvalue weighted by Gasteiger charge is -2.44. The maximum Gasteiger partial charge on any atom is 0.317 e. The molecule has 0 unspecified atom stereocenters. The van der Waals surface area contributed by atoms with E-state index in [1.54, 1.807) is 0 Å². The van der Waals surface area contributed by atoms with Crippen LogP contribution < -0.4 is 5.32 Å². The highest BCUT2D eigenvalue weighted by atomic mass is 16.2. The molecule has 0 atom stereocenters. The molecule has 0 aromatic carbocycles. The van der Waals surface area contributed by atoms with E-state index in [-0.39, 0.29) is 11.6 Å². The lowest BCUT2D eigenvalue weighted by atomic mass is 9.93. The van der Waals surface area contributed by atoms with E-state index in [1.165, 1.54) is 12.8 Å². The van der Waals surface area contributed by atoms with E-state index in [2.05, 4.69) is 36.0 Å². The molecule has 0 radical (unpaired) electrons. The first kappa shape index (κ1) is 17.2. The number of hydrogen-bond acceptors (Lipinski definition) is 3. The van der Waals surface area contributed by atoms with Gasteiger partial charge in [0, 0.05) is 43.0 Å². The van der Waals surface area contributed by atoms with Crippen molar-refractivity contribution in [2.75, 3.05) is 32.7 Å². The summed E-state index contributed by atoms with van der Waals surface area (Å²) in [6.45, 7) is 11.3. The van der Waals surface area contributed by atoms with E-state index in [0.29, 0.717) is 12.5 Å². The minimum Gasteiger partial charge on any atom is -0.336 e. The number of amides is 2. The first-order chi connectivity index (χ1) is 11.5. The van der Waals surface area contributed by atoms with Crippen LogP contribution in [0.5, 0.6) is 0 Å². The second-order valence-electron chi connectivity index (χ2n) is 8.00. The molecular formula is C19H30N4O. The number of nitrogens with one attached hydrogen (secondary N) is 1. The average Bonchev–Trinajstić information content (AvgIpc) is 2.53. The van der Waals surface area contributed by atoms with Crippen molar-refractivity contribution in [1.29, 1.82) is 0 Å². The molecule has 2 amide bonds. The molecule has 2 aliphatic rings. The van der Waals surface area contributed by atoms with Crippen LogP contribution in [0.4, 0.5) is 4.79 Å². The Morgan fingerprint density at radius 3 is 2.62 bits per heavy atom. The number of carbonyl (C=O) groups excluding carboxylic acids is 1. The van der Waals surface area contributed by atoms with Gasteiger partial charge in [-0.1, -0.05) is 13.0 Å². The second-order valence-corrected chi connectivity index (χ2v) is 8.00. The van der Waals surface area contributed by atoms with Gasteiger partial charge < -0.3 is 10.2 Å². The molecule has 0 spiro atoms. The Balaban J connectivity index is 1.43. The number of hydrogen-bond donors (Lipinski definition) is 1. The number of pyridine rings is 1. The van der Waals surface area contributed by atoms with Crippen molar-refractivity contribution < 1.29 is 4.79 Å². The van der Waals surface area contributed by atoms with Gasteiger partial charge in [-0.25, -0.2) is 4.79 Å². The number of likely N-dealkylation sites (tertiary alicyclic amines) is 2. The predicted molar refractivity (Wildman–Crippen MR) is 96.0 cm³/mol. The minimum atomic E-state index is 0.0149. The number of aromatic nitrogens is 1. The average molecular weight is 330 g/mol. The molecule has 0 bridgehead atoms. The van der Waals surface area contributed by atoms with E-state index in [0.717, 1.165) is 37.8 Å². The molecule has 0 saturated carbocycles. The van der Waals surface area contributed by atoms with Crippen LogP contribution >= 0.6 is 0 Å². The van der Waals surface area contributed by atoms with E-state index < -0.39 is 0 Å². The van der Waals surface area contributed by atoms with Gasteiger partial charge in [0.15, 0.2) is 0 Å². The van der Waals surface area contributed by atoms with E-state index >= 15 is 0 Å². The quantitative estimate of drug-likeness (QED) is 0.923. The van der Waals surface area contributed by atoms with Crippen molar-refractivity contribution in [2.45, 2.75) is 45.1 Å². The molecule has 1 aromatic heterocycles. The molecule has 24 heavy (non-hydrogen) atoms. The standard InChI is InChI=1S/C19H30N4O/c1-15-7-10-23(11-8-15)19(2,3)14-21-18(24)22-12-16(13-22)17-6-4-5-9-20-17/h4-6,9,15-16H,7-8,10-14H2,1-3H3,(H,21,24). The fourth-order valence-corrected chi connectivity index (χ4v) is 3.58. The Morgan fingerprint density at radius 2 is 2.00 bits per heavy atom.